The lowest BCUT2D eigenvalue weighted by Gasteiger charge is -2.33. The average Bonchev–Trinajstić information content (AvgIpc) is 3.37. The average molecular weight is 506 g/mol. The van der Waals surface area contributed by atoms with Crippen LogP contribution in [0.1, 0.15) is 57.4 Å². The monoisotopic (exact) mass is 505 g/mol. The van der Waals surface area contributed by atoms with Gasteiger partial charge in [0.05, 0.1) is 5.69 Å². The van der Waals surface area contributed by atoms with Crippen LogP contribution in [0, 0.1) is 0 Å². The van der Waals surface area contributed by atoms with Gasteiger partial charge in [0.1, 0.15) is 10.9 Å². The second-order valence-electron chi connectivity index (χ2n) is 8.32. The van der Waals surface area contributed by atoms with Crippen molar-refractivity contribution in [2.24, 2.45) is 5.73 Å². The summed E-state index contributed by atoms with van der Waals surface area (Å²) in [5, 5.41) is 5.24. The van der Waals surface area contributed by atoms with Gasteiger partial charge in [-0.3, -0.25) is 14.4 Å². The molecule has 1 aromatic carbocycles. The summed E-state index contributed by atoms with van der Waals surface area (Å²) >= 11 is 8.50. The predicted octanol–water partition coefficient (Wildman–Crippen LogP) is 3.84. The molecule has 3 amide bonds. The molecule has 0 fully saturated rings. The summed E-state index contributed by atoms with van der Waals surface area (Å²) in [4.78, 5) is 40.9. The minimum Gasteiger partial charge on any atom is -0.395 e. The van der Waals surface area contributed by atoms with Crippen molar-refractivity contribution >= 4 is 57.9 Å². The highest BCUT2D eigenvalue weighted by molar-refractivity contribution is 7.10. The summed E-state index contributed by atoms with van der Waals surface area (Å²) in [5.74, 6) is -1.75. The number of nitrogens with zero attached hydrogens (tertiary/aromatic N) is 2. The lowest BCUT2D eigenvalue weighted by atomic mass is 10.1. The van der Waals surface area contributed by atoms with Crippen LogP contribution in [-0.2, 0) is 11.3 Å². The molecule has 3 aromatic rings. The smallest absolute Gasteiger partial charge is 0.270 e. The van der Waals surface area contributed by atoms with Gasteiger partial charge >= 0.3 is 0 Å². The topological polar surface area (TPSA) is 131 Å². The molecular weight excluding hydrogens is 482 g/mol. The highest BCUT2D eigenvalue weighted by Crippen LogP contribution is 2.33. The molecule has 0 aliphatic heterocycles. The van der Waals surface area contributed by atoms with E-state index in [1.54, 1.807) is 30.3 Å². The second-order valence-corrected chi connectivity index (χ2v) is 10.5. The van der Waals surface area contributed by atoms with Gasteiger partial charge in [-0.15, -0.1) is 11.3 Å². The van der Waals surface area contributed by atoms with E-state index in [-0.39, 0.29) is 28.7 Å². The number of rotatable bonds is 7. The van der Waals surface area contributed by atoms with E-state index in [0.29, 0.717) is 15.5 Å². The van der Waals surface area contributed by atoms with Crippen LogP contribution in [-0.4, -0.2) is 32.5 Å². The summed E-state index contributed by atoms with van der Waals surface area (Å²) < 4.78 is 3.94. The van der Waals surface area contributed by atoms with Crippen molar-refractivity contribution < 1.29 is 14.4 Å². The van der Waals surface area contributed by atoms with Crippen LogP contribution in [0.5, 0.6) is 0 Å². The number of carbonyl (C=O) groups is 3. The van der Waals surface area contributed by atoms with Crippen molar-refractivity contribution in [3.63, 3.8) is 0 Å². The molecule has 2 aromatic heterocycles. The van der Waals surface area contributed by atoms with Gasteiger partial charge in [-0.2, -0.15) is 4.37 Å². The van der Waals surface area contributed by atoms with E-state index in [0.717, 1.165) is 11.5 Å². The molecule has 11 heteroatoms. The second kappa shape index (κ2) is 9.90. The SMILES string of the molecule is CC(C)(C)NC(=O)[C@H](c1cccs1)N(Cc1ccccc1Cl)C(=O)c1snc(C(N)=O)c1N. The van der Waals surface area contributed by atoms with Crippen molar-refractivity contribution in [1.29, 1.82) is 0 Å². The third-order valence-electron chi connectivity index (χ3n) is 4.59. The molecule has 33 heavy (non-hydrogen) atoms. The third-order valence-corrected chi connectivity index (χ3v) is 6.73. The number of nitrogens with two attached hydrogens (primary N) is 2. The molecule has 0 saturated carbocycles. The summed E-state index contributed by atoms with van der Waals surface area (Å²) in [5.41, 5.74) is 11.2. The first-order valence-corrected chi connectivity index (χ1v) is 12.0. The highest BCUT2D eigenvalue weighted by atomic mass is 35.5. The number of carbonyl (C=O) groups excluding carboxylic acids is 3. The number of thiophene rings is 1. The van der Waals surface area contributed by atoms with Crippen LogP contribution < -0.4 is 16.8 Å². The number of amides is 3. The van der Waals surface area contributed by atoms with Crippen molar-refractivity contribution in [2.75, 3.05) is 5.73 Å². The number of hydrogen-bond donors (Lipinski definition) is 3. The van der Waals surface area contributed by atoms with Gasteiger partial charge < -0.3 is 21.7 Å². The normalized spacial score (nSPS) is 12.2. The number of halogens is 1. The van der Waals surface area contributed by atoms with Crippen molar-refractivity contribution in [3.05, 3.63) is 67.8 Å². The molecule has 2 heterocycles. The molecular formula is C22H24ClN5O3S2. The zero-order valence-corrected chi connectivity index (χ0v) is 20.7. The maximum absolute atomic E-state index is 13.8. The molecule has 0 aliphatic carbocycles. The van der Waals surface area contributed by atoms with Gasteiger partial charge in [-0.25, -0.2) is 0 Å². The standard InChI is InChI=1S/C22H24ClN5O3S2/c1-22(2,3)26-20(30)17(14-9-6-10-32-14)28(11-12-7-4-5-8-13(12)23)21(31)18-15(24)16(19(25)29)27-33-18/h4-10,17H,11,24H2,1-3H3,(H2,25,29)(H,26,30)/t17-/m0/s1. The molecule has 0 spiro atoms. The first-order chi connectivity index (χ1) is 15.5. The van der Waals surface area contributed by atoms with E-state index in [1.165, 1.54) is 16.2 Å². The van der Waals surface area contributed by atoms with E-state index in [4.69, 9.17) is 23.1 Å². The molecule has 0 unspecified atom stereocenters. The number of hydrogen-bond acceptors (Lipinski definition) is 7. The lowest BCUT2D eigenvalue weighted by molar-refractivity contribution is -0.127. The summed E-state index contributed by atoms with van der Waals surface area (Å²) in [7, 11) is 0. The summed E-state index contributed by atoms with van der Waals surface area (Å²) in [6, 6.07) is 9.69. The molecule has 174 valence electrons. The van der Waals surface area contributed by atoms with Gasteiger partial charge in [-0.05, 0) is 55.4 Å². The minimum atomic E-state index is -0.966. The van der Waals surface area contributed by atoms with E-state index in [1.807, 2.05) is 32.2 Å². The Kier molecular flexibility index (Phi) is 7.41. The summed E-state index contributed by atoms with van der Waals surface area (Å²) in [6.07, 6.45) is 0. The quantitative estimate of drug-likeness (QED) is 0.449. The molecule has 0 radical (unpaired) electrons. The molecule has 5 N–H and O–H groups in total. The number of anilines is 1. The Bertz CT molecular complexity index is 1170. The fraction of sp³-hybridized carbons (Fsp3) is 0.273. The fourth-order valence-corrected chi connectivity index (χ4v) is 4.95. The van der Waals surface area contributed by atoms with Crippen LogP contribution in [0.3, 0.4) is 0 Å². The van der Waals surface area contributed by atoms with Crippen molar-refractivity contribution in [1.82, 2.24) is 14.6 Å². The Labute approximate surface area is 204 Å². The number of nitrogens with one attached hydrogen (secondary N) is 1. The Hall–Kier alpha value is -2.95. The molecule has 0 aliphatic rings. The van der Waals surface area contributed by atoms with Gasteiger partial charge in [0.25, 0.3) is 11.8 Å². The highest BCUT2D eigenvalue weighted by Gasteiger charge is 2.36. The Morgan fingerprint density at radius 3 is 2.42 bits per heavy atom. The Morgan fingerprint density at radius 1 is 1.18 bits per heavy atom. The Morgan fingerprint density at radius 2 is 1.88 bits per heavy atom. The van der Waals surface area contributed by atoms with E-state index in [2.05, 4.69) is 9.69 Å². The van der Waals surface area contributed by atoms with Crippen LogP contribution >= 0.6 is 34.5 Å². The van der Waals surface area contributed by atoms with E-state index < -0.39 is 23.4 Å². The lowest BCUT2D eigenvalue weighted by Crippen LogP contribution is -2.48. The maximum Gasteiger partial charge on any atom is 0.270 e. The molecule has 3 rings (SSSR count). The van der Waals surface area contributed by atoms with Crippen molar-refractivity contribution in [2.45, 2.75) is 38.9 Å². The van der Waals surface area contributed by atoms with Crippen LogP contribution in [0.2, 0.25) is 5.02 Å². The molecule has 8 nitrogen and oxygen atoms in total. The Balaban J connectivity index is 2.13. The predicted molar refractivity (Wildman–Crippen MR) is 131 cm³/mol. The molecule has 0 bridgehead atoms. The van der Waals surface area contributed by atoms with Gasteiger partial charge in [0.2, 0.25) is 5.91 Å². The van der Waals surface area contributed by atoms with Crippen LogP contribution in [0.4, 0.5) is 5.69 Å². The fourth-order valence-electron chi connectivity index (χ4n) is 3.16. The minimum absolute atomic E-state index is 0.0287. The van der Waals surface area contributed by atoms with Crippen molar-refractivity contribution in [3.8, 4) is 0 Å². The van der Waals surface area contributed by atoms with Crippen LogP contribution in [0.15, 0.2) is 41.8 Å². The van der Waals surface area contributed by atoms with Crippen LogP contribution in [0.25, 0.3) is 0 Å². The number of aromatic nitrogens is 1. The molecule has 0 saturated heterocycles. The number of primary amides is 1. The third kappa shape index (κ3) is 5.70. The first kappa shape index (κ1) is 24.7. The zero-order chi connectivity index (χ0) is 24.3. The van der Waals surface area contributed by atoms with E-state index in [9.17, 15) is 14.4 Å². The van der Waals surface area contributed by atoms with Gasteiger partial charge in [0, 0.05) is 22.0 Å². The zero-order valence-electron chi connectivity index (χ0n) is 18.3. The number of nitrogen functional groups attached to an aromatic ring is 1. The van der Waals surface area contributed by atoms with Gasteiger partial charge in [-0.1, -0.05) is 35.9 Å². The molecule has 1 atom stereocenters. The maximum atomic E-state index is 13.8. The van der Waals surface area contributed by atoms with Gasteiger partial charge in [0.15, 0.2) is 5.69 Å². The number of benzene rings is 1. The summed E-state index contributed by atoms with van der Waals surface area (Å²) in [6.45, 7) is 5.60. The largest absolute Gasteiger partial charge is 0.395 e. The van der Waals surface area contributed by atoms with E-state index >= 15 is 0 Å². The first-order valence-electron chi connectivity index (χ1n) is 9.94.